The fourth-order valence-electron chi connectivity index (χ4n) is 3.39. The summed E-state index contributed by atoms with van der Waals surface area (Å²) in [4.78, 5) is 6.72. The van der Waals surface area contributed by atoms with Crippen LogP contribution in [0.1, 0.15) is 36.8 Å². The van der Waals surface area contributed by atoms with Crippen molar-refractivity contribution in [2.24, 2.45) is 0 Å². The van der Waals surface area contributed by atoms with Gasteiger partial charge in [0.25, 0.3) is 0 Å². The van der Waals surface area contributed by atoms with Gasteiger partial charge in [-0.15, -0.1) is 0 Å². The molecule has 1 aromatic rings. The van der Waals surface area contributed by atoms with Gasteiger partial charge >= 0.3 is 0 Å². The molecule has 0 atom stereocenters. The third-order valence-corrected chi connectivity index (χ3v) is 4.52. The Morgan fingerprint density at radius 3 is 2.60 bits per heavy atom. The van der Waals surface area contributed by atoms with E-state index in [4.69, 9.17) is 9.47 Å². The van der Waals surface area contributed by atoms with Crippen molar-refractivity contribution in [3.63, 3.8) is 0 Å². The molecule has 1 aliphatic heterocycles. The summed E-state index contributed by atoms with van der Waals surface area (Å²) >= 11 is 0. The Kier molecular flexibility index (Phi) is 4.06. The van der Waals surface area contributed by atoms with E-state index in [1.165, 1.54) is 11.1 Å². The maximum Gasteiger partial charge on any atom is 0.168 e. The Balaban J connectivity index is 1.55. The smallest absolute Gasteiger partial charge is 0.168 e. The van der Waals surface area contributed by atoms with E-state index in [2.05, 4.69) is 29.9 Å². The molecule has 20 heavy (non-hydrogen) atoms. The second kappa shape index (κ2) is 5.80. The quantitative estimate of drug-likeness (QED) is 0.849. The molecule has 110 valence electrons. The molecular formula is C16H24N2O2. The monoisotopic (exact) mass is 276 g/mol. The van der Waals surface area contributed by atoms with E-state index in [-0.39, 0.29) is 5.79 Å². The van der Waals surface area contributed by atoms with E-state index in [1.54, 1.807) is 0 Å². The van der Waals surface area contributed by atoms with Gasteiger partial charge in [-0.25, -0.2) is 0 Å². The van der Waals surface area contributed by atoms with Crippen LogP contribution in [0.15, 0.2) is 18.5 Å². The highest BCUT2D eigenvalue weighted by Gasteiger charge is 2.40. The zero-order valence-corrected chi connectivity index (χ0v) is 12.5. The van der Waals surface area contributed by atoms with Crippen molar-refractivity contribution in [3.8, 4) is 0 Å². The van der Waals surface area contributed by atoms with Gasteiger partial charge in [0.1, 0.15) is 0 Å². The minimum atomic E-state index is -0.248. The van der Waals surface area contributed by atoms with Crippen molar-refractivity contribution in [1.82, 2.24) is 9.88 Å². The molecule has 4 nitrogen and oxygen atoms in total. The van der Waals surface area contributed by atoms with E-state index in [0.29, 0.717) is 6.04 Å². The van der Waals surface area contributed by atoms with Crippen LogP contribution in [-0.4, -0.2) is 42.0 Å². The highest BCUT2D eigenvalue weighted by molar-refractivity contribution is 5.16. The Morgan fingerprint density at radius 2 is 1.95 bits per heavy atom. The first-order chi connectivity index (χ1) is 9.67. The lowest BCUT2D eigenvalue weighted by Crippen LogP contribution is -2.42. The van der Waals surface area contributed by atoms with Gasteiger partial charge in [-0.2, -0.15) is 0 Å². The number of nitrogens with zero attached hydrogens (tertiary/aromatic N) is 2. The summed E-state index contributed by atoms with van der Waals surface area (Å²) in [6.45, 7) is 4.58. The fourth-order valence-corrected chi connectivity index (χ4v) is 3.39. The highest BCUT2D eigenvalue weighted by Crippen LogP contribution is 2.37. The minimum Gasteiger partial charge on any atom is -0.348 e. The van der Waals surface area contributed by atoms with Crippen molar-refractivity contribution in [2.75, 3.05) is 20.3 Å². The average molecular weight is 276 g/mol. The molecule has 1 aromatic heterocycles. The normalized spacial score (nSPS) is 22.8. The summed E-state index contributed by atoms with van der Waals surface area (Å²) in [5, 5.41) is 0. The molecule has 2 aliphatic rings. The summed E-state index contributed by atoms with van der Waals surface area (Å²) in [5.41, 5.74) is 2.52. The molecule has 1 saturated heterocycles. The minimum absolute atomic E-state index is 0.248. The van der Waals surface area contributed by atoms with Crippen molar-refractivity contribution in [1.29, 1.82) is 0 Å². The lowest BCUT2D eigenvalue weighted by atomic mass is 9.89. The molecule has 0 aromatic carbocycles. The average Bonchev–Trinajstić information content (AvgIpc) is 2.88. The number of hydrogen-bond donors (Lipinski definition) is 0. The number of pyridine rings is 1. The van der Waals surface area contributed by atoms with Gasteiger partial charge in [0.05, 0.1) is 13.2 Å². The van der Waals surface area contributed by atoms with Crippen LogP contribution >= 0.6 is 0 Å². The predicted molar refractivity (Wildman–Crippen MR) is 77.3 cm³/mol. The molecule has 1 spiro atoms. The lowest BCUT2D eigenvalue weighted by molar-refractivity contribution is -0.183. The van der Waals surface area contributed by atoms with Crippen molar-refractivity contribution >= 4 is 0 Å². The van der Waals surface area contributed by atoms with Crippen LogP contribution < -0.4 is 0 Å². The molecule has 0 N–H and O–H groups in total. The third-order valence-electron chi connectivity index (χ3n) is 4.52. The molecule has 0 radical (unpaired) electrons. The van der Waals surface area contributed by atoms with Gasteiger partial charge in [-0.3, -0.25) is 9.88 Å². The van der Waals surface area contributed by atoms with E-state index < -0.39 is 0 Å². The van der Waals surface area contributed by atoms with Crippen LogP contribution in [0.4, 0.5) is 0 Å². The van der Waals surface area contributed by atoms with Crippen LogP contribution in [0.25, 0.3) is 0 Å². The number of rotatable bonds is 3. The molecule has 1 saturated carbocycles. The van der Waals surface area contributed by atoms with Crippen molar-refractivity contribution in [3.05, 3.63) is 29.6 Å². The molecule has 1 aliphatic carbocycles. The molecule has 0 amide bonds. The molecule has 0 unspecified atom stereocenters. The Morgan fingerprint density at radius 1 is 1.25 bits per heavy atom. The fraction of sp³-hybridized carbons (Fsp3) is 0.688. The zero-order valence-electron chi connectivity index (χ0n) is 12.5. The van der Waals surface area contributed by atoms with Crippen molar-refractivity contribution in [2.45, 2.75) is 51.0 Å². The topological polar surface area (TPSA) is 34.6 Å². The van der Waals surface area contributed by atoms with E-state index in [9.17, 15) is 0 Å². The van der Waals surface area contributed by atoms with Gasteiger partial charge in [0, 0.05) is 37.8 Å². The van der Waals surface area contributed by atoms with Gasteiger partial charge in [-0.1, -0.05) is 6.07 Å². The molecule has 3 rings (SSSR count). The lowest BCUT2D eigenvalue weighted by Gasteiger charge is -2.39. The number of aryl methyl sites for hydroxylation is 1. The van der Waals surface area contributed by atoms with Crippen LogP contribution in [0, 0.1) is 6.92 Å². The Hall–Kier alpha value is -0.970. The molecule has 4 heteroatoms. The van der Waals surface area contributed by atoms with Gasteiger partial charge in [-0.05, 0) is 37.9 Å². The molecule has 0 bridgehead atoms. The summed E-state index contributed by atoms with van der Waals surface area (Å²) in [5.74, 6) is -0.248. The second-order valence-corrected chi connectivity index (χ2v) is 6.12. The highest BCUT2D eigenvalue weighted by atomic mass is 16.7. The number of ether oxygens (including phenoxy) is 2. The van der Waals surface area contributed by atoms with Crippen LogP contribution in [0.2, 0.25) is 0 Å². The van der Waals surface area contributed by atoms with Crippen LogP contribution in [0.5, 0.6) is 0 Å². The summed E-state index contributed by atoms with van der Waals surface area (Å²) in [7, 11) is 2.21. The van der Waals surface area contributed by atoms with E-state index in [1.807, 2.05) is 12.4 Å². The largest absolute Gasteiger partial charge is 0.348 e. The zero-order chi connectivity index (χ0) is 14.0. The van der Waals surface area contributed by atoms with E-state index in [0.717, 1.165) is 45.4 Å². The van der Waals surface area contributed by atoms with Crippen LogP contribution in [-0.2, 0) is 16.0 Å². The van der Waals surface area contributed by atoms with Gasteiger partial charge < -0.3 is 9.47 Å². The Bertz CT molecular complexity index is 448. The first-order valence-corrected chi connectivity index (χ1v) is 7.56. The maximum absolute atomic E-state index is 5.79. The molecule has 2 heterocycles. The standard InChI is InChI=1S/C16H24N2O2/c1-13-9-14(11-17-10-13)12-18(2)15-3-5-16(6-4-15)19-7-8-20-16/h9-11,15H,3-8,12H2,1-2H3. The van der Waals surface area contributed by atoms with E-state index >= 15 is 0 Å². The summed E-state index contributed by atoms with van der Waals surface area (Å²) in [6, 6.07) is 2.84. The predicted octanol–water partition coefficient (Wildman–Crippen LogP) is 2.51. The second-order valence-electron chi connectivity index (χ2n) is 6.12. The molecule has 2 fully saturated rings. The number of aromatic nitrogens is 1. The summed E-state index contributed by atoms with van der Waals surface area (Å²) in [6.07, 6.45) is 8.22. The van der Waals surface area contributed by atoms with Crippen molar-refractivity contribution < 1.29 is 9.47 Å². The third kappa shape index (κ3) is 3.03. The Labute approximate surface area is 121 Å². The maximum atomic E-state index is 5.79. The molecular weight excluding hydrogens is 252 g/mol. The number of hydrogen-bond acceptors (Lipinski definition) is 4. The summed E-state index contributed by atoms with van der Waals surface area (Å²) < 4.78 is 11.6. The SMILES string of the molecule is Cc1cncc(CN(C)C2CCC3(CC2)OCCO3)c1. The first kappa shape index (κ1) is 14.0. The van der Waals surface area contributed by atoms with Gasteiger partial charge in [0.2, 0.25) is 0 Å². The van der Waals surface area contributed by atoms with Crippen LogP contribution in [0.3, 0.4) is 0 Å². The first-order valence-electron chi connectivity index (χ1n) is 7.56. The van der Waals surface area contributed by atoms with Gasteiger partial charge in [0.15, 0.2) is 5.79 Å².